The molecule has 5 nitrogen and oxygen atoms in total. The largest absolute Gasteiger partial charge is 0.457 e. The maximum absolute atomic E-state index is 7.49. The lowest BCUT2D eigenvalue weighted by molar-refractivity contribution is 0.669. The number of rotatable bonds is 6. The molecule has 2 aliphatic carbocycles. The Bertz CT molecular complexity index is 4060. The van der Waals surface area contributed by atoms with Gasteiger partial charge in [-0.25, -0.2) is 19.8 Å². The fourth-order valence-electron chi connectivity index (χ4n) is 11.1. The summed E-state index contributed by atoms with van der Waals surface area (Å²) in [6.07, 6.45) is 0. The normalized spacial score (nSPS) is 12.7. The van der Waals surface area contributed by atoms with E-state index in [1.165, 1.54) is 55.6 Å². The van der Waals surface area contributed by atoms with Gasteiger partial charge in [0.05, 0.1) is 12.0 Å². The minimum Gasteiger partial charge on any atom is -0.457 e. The molecule has 12 aromatic rings. The van der Waals surface area contributed by atoms with Crippen LogP contribution in [0.25, 0.3) is 117 Å². The van der Waals surface area contributed by atoms with Gasteiger partial charge in [-0.2, -0.15) is 0 Å². The molecule has 0 unspecified atom stereocenters. The number of nitrogens with zero attached hydrogens (tertiary/aromatic N) is 4. The summed E-state index contributed by atoms with van der Waals surface area (Å²) in [5.41, 5.74) is 21.5. The quantitative estimate of drug-likeness (QED) is 0.156. The van der Waals surface area contributed by atoms with E-state index in [1.807, 2.05) is 60.7 Å². The molecule has 10 aromatic carbocycles. The van der Waals surface area contributed by atoms with Crippen molar-refractivity contribution in [2.24, 2.45) is 0 Å². The fraction of sp³-hybridized carbons (Fsp3) is 0.0154. The summed E-state index contributed by atoms with van der Waals surface area (Å²) in [5.74, 6) is 1.69. The second-order valence-corrected chi connectivity index (χ2v) is 18.2. The van der Waals surface area contributed by atoms with Crippen molar-refractivity contribution in [3.63, 3.8) is 0 Å². The van der Waals surface area contributed by atoms with Gasteiger partial charge in [-0.1, -0.05) is 200 Å². The third-order valence-electron chi connectivity index (χ3n) is 14.4. The molecular weight excluding hydrogens is 853 g/mol. The zero-order valence-electron chi connectivity index (χ0n) is 37.6. The van der Waals surface area contributed by atoms with E-state index in [0.717, 1.165) is 49.7 Å². The topological polar surface area (TPSA) is 56.2 Å². The molecule has 0 radical (unpaired) electrons. The molecule has 1 spiro atoms. The first-order valence-corrected chi connectivity index (χ1v) is 23.5. The second-order valence-electron chi connectivity index (χ2n) is 18.2. The molecule has 2 aromatic heterocycles. The van der Waals surface area contributed by atoms with Gasteiger partial charge in [-0.3, -0.25) is 0 Å². The van der Waals surface area contributed by atoms with Crippen LogP contribution in [0.4, 0.5) is 5.69 Å². The summed E-state index contributed by atoms with van der Waals surface area (Å²) in [7, 11) is 0. The average molecular weight is 891 g/mol. The Labute approximate surface area is 404 Å². The SMILES string of the molecule is [C-]#[N+]c1ccc2c(c1)oc1cc(-c3nc(-c4ccc(-c5ccc(-c6ccc7c(c6)C6(c8ccccc8-c8ccccc86)c6ccccc6-7)cc5)cc4)nc(-c4cccc(-c5ccccc5)c4)n3)ccc12. The van der Waals surface area contributed by atoms with Crippen LogP contribution in [0.15, 0.2) is 235 Å². The monoisotopic (exact) mass is 890 g/mol. The summed E-state index contributed by atoms with van der Waals surface area (Å²) >= 11 is 0. The van der Waals surface area contributed by atoms with Crippen molar-refractivity contribution in [2.45, 2.75) is 5.41 Å². The number of aromatic nitrogens is 3. The van der Waals surface area contributed by atoms with Gasteiger partial charge in [0.25, 0.3) is 0 Å². The Morgan fingerprint density at radius 1 is 0.314 bits per heavy atom. The summed E-state index contributed by atoms with van der Waals surface area (Å²) in [4.78, 5) is 18.9. The second kappa shape index (κ2) is 15.5. The van der Waals surface area contributed by atoms with E-state index in [1.54, 1.807) is 6.07 Å². The van der Waals surface area contributed by atoms with Crippen molar-refractivity contribution in [3.8, 4) is 89.8 Å². The van der Waals surface area contributed by atoms with Gasteiger partial charge in [0.1, 0.15) is 11.2 Å². The first kappa shape index (κ1) is 39.6. The minimum absolute atomic E-state index is 0.379. The van der Waals surface area contributed by atoms with Crippen LogP contribution in [-0.2, 0) is 5.41 Å². The number of furan rings is 1. The van der Waals surface area contributed by atoms with E-state index in [0.29, 0.717) is 34.3 Å². The van der Waals surface area contributed by atoms with Crippen molar-refractivity contribution < 1.29 is 4.42 Å². The van der Waals surface area contributed by atoms with Crippen molar-refractivity contribution in [2.75, 3.05) is 0 Å². The van der Waals surface area contributed by atoms with Crippen molar-refractivity contribution >= 4 is 27.6 Å². The summed E-state index contributed by atoms with van der Waals surface area (Å²) in [5, 5.41) is 1.93. The molecule has 0 saturated heterocycles. The molecule has 0 saturated carbocycles. The maximum atomic E-state index is 7.49. The molecule has 0 fully saturated rings. The van der Waals surface area contributed by atoms with Gasteiger partial charge >= 0.3 is 0 Å². The molecule has 324 valence electrons. The fourth-order valence-corrected chi connectivity index (χ4v) is 11.1. The van der Waals surface area contributed by atoms with Crippen LogP contribution in [0.3, 0.4) is 0 Å². The highest BCUT2D eigenvalue weighted by atomic mass is 16.3. The van der Waals surface area contributed by atoms with Crippen molar-refractivity contribution in [3.05, 3.63) is 264 Å². The van der Waals surface area contributed by atoms with Gasteiger partial charge in [-0.05, 0) is 108 Å². The van der Waals surface area contributed by atoms with Gasteiger partial charge in [0.15, 0.2) is 23.2 Å². The molecule has 0 N–H and O–H groups in total. The molecule has 0 amide bonds. The van der Waals surface area contributed by atoms with Gasteiger partial charge < -0.3 is 4.42 Å². The van der Waals surface area contributed by atoms with E-state index in [2.05, 4.69) is 169 Å². The van der Waals surface area contributed by atoms with E-state index < -0.39 is 0 Å². The zero-order chi connectivity index (χ0) is 46.3. The highest BCUT2D eigenvalue weighted by Gasteiger charge is 2.51. The van der Waals surface area contributed by atoms with Crippen LogP contribution < -0.4 is 0 Å². The summed E-state index contributed by atoms with van der Waals surface area (Å²) in [6.45, 7) is 7.49. The molecule has 0 bridgehead atoms. The van der Waals surface area contributed by atoms with Gasteiger partial charge in [0, 0.05) is 27.5 Å². The van der Waals surface area contributed by atoms with Crippen LogP contribution in [-0.4, -0.2) is 15.0 Å². The highest BCUT2D eigenvalue weighted by Crippen LogP contribution is 2.63. The number of hydrogen-bond acceptors (Lipinski definition) is 4. The van der Waals surface area contributed by atoms with E-state index in [9.17, 15) is 0 Å². The Balaban J connectivity index is 0.818. The first-order chi connectivity index (χ1) is 34.6. The Kier molecular flexibility index (Phi) is 8.80. The Morgan fingerprint density at radius 2 is 0.729 bits per heavy atom. The molecule has 5 heteroatoms. The van der Waals surface area contributed by atoms with Crippen molar-refractivity contribution in [1.29, 1.82) is 0 Å². The standard InChI is InChI=1S/C65H38N4O/c1-66-49-32-35-55-54-34-31-48(38-60(54)70-61(55)39-49)64-68-62(67-63(69-64)47-15-11-14-45(36-47)40-12-3-2-4-13-40)44-28-26-42(27-29-44)41-22-24-43(25-23-41)46-30-33-53-52-18-7-10-21-58(52)65(59(53)37-46)56-19-8-5-16-50(56)51-17-6-9-20-57(51)65/h2-39H. The number of benzene rings is 10. The van der Waals surface area contributed by atoms with E-state index in [-0.39, 0.29) is 5.41 Å². The molecule has 0 atom stereocenters. The van der Waals surface area contributed by atoms with Crippen LogP contribution in [0.5, 0.6) is 0 Å². The Hall–Kier alpha value is -9.50. The van der Waals surface area contributed by atoms with Crippen LogP contribution in [0.1, 0.15) is 22.3 Å². The third kappa shape index (κ3) is 6.07. The summed E-state index contributed by atoms with van der Waals surface area (Å²) in [6, 6.07) is 81.6. The maximum Gasteiger partial charge on any atom is 0.190 e. The lowest BCUT2D eigenvalue weighted by Crippen LogP contribution is -2.25. The average Bonchev–Trinajstić information content (AvgIpc) is 4.06. The van der Waals surface area contributed by atoms with Crippen LogP contribution >= 0.6 is 0 Å². The van der Waals surface area contributed by atoms with E-state index in [4.69, 9.17) is 25.9 Å². The summed E-state index contributed by atoms with van der Waals surface area (Å²) < 4.78 is 6.30. The minimum atomic E-state index is -0.379. The lowest BCUT2D eigenvalue weighted by atomic mass is 9.70. The molecule has 2 heterocycles. The molecular formula is C65H38N4O. The molecule has 2 aliphatic rings. The predicted octanol–water partition coefficient (Wildman–Crippen LogP) is 16.7. The highest BCUT2D eigenvalue weighted by molar-refractivity contribution is 6.06. The molecule has 70 heavy (non-hydrogen) atoms. The van der Waals surface area contributed by atoms with Crippen LogP contribution in [0, 0.1) is 6.57 Å². The third-order valence-corrected chi connectivity index (χ3v) is 14.4. The van der Waals surface area contributed by atoms with Gasteiger partial charge in [0.2, 0.25) is 0 Å². The molecule has 14 rings (SSSR count). The van der Waals surface area contributed by atoms with Gasteiger partial charge in [-0.15, -0.1) is 0 Å². The molecule has 0 aliphatic heterocycles. The lowest BCUT2D eigenvalue weighted by Gasteiger charge is -2.30. The zero-order valence-corrected chi connectivity index (χ0v) is 37.6. The van der Waals surface area contributed by atoms with Crippen LogP contribution in [0.2, 0.25) is 0 Å². The Morgan fingerprint density at radius 3 is 1.34 bits per heavy atom. The smallest absolute Gasteiger partial charge is 0.190 e. The van der Waals surface area contributed by atoms with Crippen molar-refractivity contribution in [1.82, 2.24) is 15.0 Å². The predicted molar refractivity (Wildman–Crippen MR) is 282 cm³/mol. The van der Waals surface area contributed by atoms with E-state index >= 15 is 0 Å². The first-order valence-electron chi connectivity index (χ1n) is 23.5. The number of hydrogen-bond donors (Lipinski definition) is 0. The number of fused-ring (bicyclic) bond motifs is 13.